The molecular weight excluding hydrogens is 496 g/mol. The normalized spacial score (nSPS) is 17.6. The van der Waals surface area contributed by atoms with Gasteiger partial charge in [0.2, 0.25) is 17.7 Å². The molecule has 12 heteroatoms. The summed E-state index contributed by atoms with van der Waals surface area (Å²) >= 11 is 1.51. The van der Waals surface area contributed by atoms with Crippen molar-refractivity contribution in [2.75, 3.05) is 18.6 Å². The summed E-state index contributed by atoms with van der Waals surface area (Å²) in [4.78, 5) is 59.5. The highest BCUT2D eigenvalue weighted by atomic mass is 32.2. The molecule has 1 aliphatic rings. The van der Waals surface area contributed by atoms with E-state index in [1.807, 2.05) is 36.6 Å². The number of carboxylic acids is 1. The van der Waals surface area contributed by atoms with Crippen LogP contribution in [0.3, 0.4) is 0 Å². The van der Waals surface area contributed by atoms with Crippen molar-refractivity contribution in [3.8, 4) is 0 Å². The van der Waals surface area contributed by atoms with Gasteiger partial charge in [-0.25, -0.2) is 9.78 Å². The van der Waals surface area contributed by atoms with Gasteiger partial charge in [0.25, 0.3) is 0 Å². The summed E-state index contributed by atoms with van der Waals surface area (Å²) in [6.45, 7) is 0.323. The van der Waals surface area contributed by atoms with Gasteiger partial charge < -0.3 is 31.4 Å². The Labute approximate surface area is 220 Å². The second-order valence-electron chi connectivity index (χ2n) is 9.01. The van der Waals surface area contributed by atoms with Crippen LogP contribution in [0.1, 0.15) is 30.5 Å². The molecule has 6 N–H and O–H groups in total. The fraction of sp³-hybridized carbons (Fsp3) is 0.480. The quantitative estimate of drug-likeness (QED) is 0.246. The Morgan fingerprint density at radius 2 is 1.89 bits per heavy atom. The molecule has 3 rings (SSSR count). The second kappa shape index (κ2) is 13.8. The van der Waals surface area contributed by atoms with E-state index in [0.717, 1.165) is 5.56 Å². The lowest BCUT2D eigenvalue weighted by molar-refractivity contribution is -0.149. The summed E-state index contributed by atoms with van der Waals surface area (Å²) in [7, 11) is 0. The van der Waals surface area contributed by atoms with Crippen molar-refractivity contribution in [3.63, 3.8) is 0 Å². The van der Waals surface area contributed by atoms with E-state index in [-0.39, 0.29) is 6.42 Å². The number of benzene rings is 1. The number of aliphatic carboxylic acids is 1. The minimum atomic E-state index is -1.06. The fourth-order valence-corrected chi connectivity index (χ4v) is 4.79. The van der Waals surface area contributed by atoms with E-state index in [9.17, 15) is 24.3 Å². The van der Waals surface area contributed by atoms with Crippen molar-refractivity contribution < 1.29 is 24.3 Å². The standard InChI is InChI=1S/C25H34N6O5S/c1-37-11-9-19(24(34)31-10-5-8-21(31)25(35)36)29-23(33)20(13-17-14-27-15-28-17)30-22(32)18(26)12-16-6-3-2-4-7-16/h2-4,6-7,14-15,18-21H,5,8-13,26H2,1H3,(H,27,28)(H,29,33)(H,30,32)(H,35,36). The van der Waals surface area contributed by atoms with Gasteiger partial charge in [0.05, 0.1) is 12.4 Å². The first-order valence-corrected chi connectivity index (χ1v) is 13.6. The Balaban J connectivity index is 1.73. The number of nitrogens with zero attached hydrogens (tertiary/aromatic N) is 2. The second-order valence-corrected chi connectivity index (χ2v) is 9.99. The largest absolute Gasteiger partial charge is 0.480 e. The Kier molecular flexibility index (Phi) is 10.5. The number of H-pyrrole nitrogens is 1. The van der Waals surface area contributed by atoms with E-state index < -0.39 is 47.9 Å². The summed E-state index contributed by atoms with van der Waals surface area (Å²) in [6, 6.07) is 5.60. The molecule has 1 saturated heterocycles. The average molecular weight is 531 g/mol. The zero-order chi connectivity index (χ0) is 26.8. The molecule has 1 aromatic carbocycles. The molecule has 1 fully saturated rings. The number of aromatic nitrogens is 2. The van der Waals surface area contributed by atoms with Crippen LogP contribution in [0.2, 0.25) is 0 Å². The van der Waals surface area contributed by atoms with E-state index in [1.54, 1.807) is 6.20 Å². The van der Waals surface area contributed by atoms with Crippen LogP contribution in [-0.2, 0) is 32.0 Å². The highest BCUT2D eigenvalue weighted by Gasteiger charge is 2.38. The topological polar surface area (TPSA) is 171 Å². The monoisotopic (exact) mass is 530 g/mol. The lowest BCUT2D eigenvalue weighted by Crippen LogP contribution is -2.58. The lowest BCUT2D eigenvalue weighted by atomic mass is 10.0. The number of imidazole rings is 1. The molecule has 1 aliphatic heterocycles. The number of aromatic amines is 1. The first-order chi connectivity index (χ1) is 17.8. The van der Waals surface area contributed by atoms with Crippen LogP contribution in [0.25, 0.3) is 0 Å². The van der Waals surface area contributed by atoms with Crippen LogP contribution in [-0.4, -0.2) is 86.4 Å². The molecular formula is C25H34N6O5S. The van der Waals surface area contributed by atoms with Crippen molar-refractivity contribution in [2.24, 2.45) is 5.73 Å². The number of carboxylic acid groups (broad SMARTS) is 1. The van der Waals surface area contributed by atoms with Crippen LogP contribution < -0.4 is 16.4 Å². The van der Waals surface area contributed by atoms with Gasteiger partial charge in [0.15, 0.2) is 0 Å². The first kappa shape index (κ1) is 28.2. The van der Waals surface area contributed by atoms with Crippen LogP contribution in [0.15, 0.2) is 42.9 Å². The molecule has 4 unspecified atom stereocenters. The molecule has 4 atom stereocenters. The molecule has 0 radical (unpaired) electrons. The number of nitrogens with one attached hydrogen (secondary N) is 3. The van der Waals surface area contributed by atoms with Crippen molar-refractivity contribution >= 4 is 35.5 Å². The van der Waals surface area contributed by atoms with Gasteiger partial charge in [-0.3, -0.25) is 14.4 Å². The summed E-state index contributed by atoms with van der Waals surface area (Å²) in [5, 5.41) is 15.0. The van der Waals surface area contributed by atoms with E-state index in [0.29, 0.717) is 43.7 Å². The van der Waals surface area contributed by atoms with Gasteiger partial charge in [0, 0.05) is 24.9 Å². The number of likely N-dealkylation sites (tertiary alicyclic amines) is 1. The maximum Gasteiger partial charge on any atom is 0.326 e. The number of carbonyl (C=O) groups is 4. The van der Waals surface area contributed by atoms with Gasteiger partial charge in [-0.1, -0.05) is 30.3 Å². The SMILES string of the molecule is CSCCC(NC(=O)C(Cc1cnc[nH]1)NC(=O)C(N)Cc1ccccc1)C(=O)N1CCCC1C(=O)O. The predicted octanol–water partition coefficient (Wildman–Crippen LogP) is 0.321. The van der Waals surface area contributed by atoms with Crippen LogP contribution in [0.4, 0.5) is 0 Å². The minimum Gasteiger partial charge on any atom is -0.480 e. The van der Waals surface area contributed by atoms with E-state index >= 15 is 0 Å². The van der Waals surface area contributed by atoms with Gasteiger partial charge in [-0.15, -0.1) is 0 Å². The number of thioether (sulfide) groups is 1. The predicted molar refractivity (Wildman–Crippen MR) is 140 cm³/mol. The van der Waals surface area contributed by atoms with E-state index in [1.165, 1.54) is 23.0 Å². The lowest BCUT2D eigenvalue weighted by Gasteiger charge is -2.29. The number of amides is 3. The van der Waals surface area contributed by atoms with Crippen LogP contribution >= 0.6 is 11.8 Å². The third kappa shape index (κ3) is 8.05. The van der Waals surface area contributed by atoms with Crippen molar-refractivity contribution in [2.45, 2.75) is 56.3 Å². The van der Waals surface area contributed by atoms with Crippen molar-refractivity contribution in [1.29, 1.82) is 0 Å². The summed E-state index contributed by atoms with van der Waals surface area (Å²) in [5.41, 5.74) is 7.64. The molecule has 0 spiro atoms. The fourth-order valence-electron chi connectivity index (χ4n) is 4.32. The van der Waals surface area contributed by atoms with Crippen molar-refractivity contribution in [1.82, 2.24) is 25.5 Å². The maximum absolute atomic E-state index is 13.4. The third-order valence-electron chi connectivity index (χ3n) is 6.29. The number of hydrogen-bond donors (Lipinski definition) is 5. The Morgan fingerprint density at radius 1 is 1.16 bits per heavy atom. The molecule has 0 aliphatic carbocycles. The number of nitrogens with two attached hydrogens (primary N) is 1. The van der Waals surface area contributed by atoms with Gasteiger partial charge in [-0.2, -0.15) is 11.8 Å². The average Bonchev–Trinajstić information content (AvgIpc) is 3.58. The van der Waals surface area contributed by atoms with E-state index in [4.69, 9.17) is 5.73 Å². The smallest absolute Gasteiger partial charge is 0.326 e. The Hall–Kier alpha value is -3.38. The van der Waals surface area contributed by atoms with Gasteiger partial charge >= 0.3 is 5.97 Å². The molecule has 3 amide bonds. The third-order valence-corrected chi connectivity index (χ3v) is 6.94. The van der Waals surface area contributed by atoms with Crippen molar-refractivity contribution in [3.05, 3.63) is 54.1 Å². The summed E-state index contributed by atoms with van der Waals surface area (Å²) in [5.74, 6) is -1.96. The van der Waals surface area contributed by atoms with E-state index in [2.05, 4.69) is 20.6 Å². The molecule has 2 aromatic rings. The Morgan fingerprint density at radius 3 is 2.54 bits per heavy atom. The highest BCUT2D eigenvalue weighted by molar-refractivity contribution is 7.98. The molecule has 2 heterocycles. The molecule has 0 bridgehead atoms. The molecule has 11 nitrogen and oxygen atoms in total. The van der Waals surface area contributed by atoms with Gasteiger partial charge in [0.1, 0.15) is 18.1 Å². The maximum atomic E-state index is 13.4. The Bertz CT molecular complexity index is 1050. The summed E-state index contributed by atoms with van der Waals surface area (Å²) < 4.78 is 0. The van der Waals surface area contributed by atoms with Crippen LogP contribution in [0.5, 0.6) is 0 Å². The number of hydrogen-bond acceptors (Lipinski definition) is 7. The van der Waals surface area contributed by atoms with Gasteiger partial charge in [-0.05, 0) is 43.3 Å². The molecule has 1 aromatic heterocycles. The molecule has 0 saturated carbocycles. The number of rotatable bonds is 13. The summed E-state index contributed by atoms with van der Waals surface area (Å²) in [6.07, 6.45) is 6.60. The number of carbonyl (C=O) groups excluding carboxylic acids is 3. The minimum absolute atomic E-state index is 0.112. The zero-order valence-corrected chi connectivity index (χ0v) is 21.6. The zero-order valence-electron chi connectivity index (χ0n) is 20.8. The first-order valence-electron chi connectivity index (χ1n) is 12.2. The molecule has 200 valence electrons. The highest BCUT2D eigenvalue weighted by Crippen LogP contribution is 2.20. The molecule has 37 heavy (non-hydrogen) atoms. The van der Waals surface area contributed by atoms with Crippen LogP contribution in [0, 0.1) is 0 Å².